The molecule has 0 aliphatic carbocycles. The molecule has 0 saturated carbocycles. The van der Waals surface area contributed by atoms with Crippen molar-refractivity contribution < 1.29 is 0 Å². The fourth-order valence-electron chi connectivity index (χ4n) is 0.887. The lowest BCUT2D eigenvalue weighted by atomic mass is 10.2. The summed E-state index contributed by atoms with van der Waals surface area (Å²) in [5.41, 5.74) is 5.55. The fraction of sp³-hybridized carbons (Fsp3) is 0.800. The first kappa shape index (κ1) is 11.7. The van der Waals surface area contributed by atoms with Crippen LogP contribution >= 0.6 is 0 Å². The summed E-state index contributed by atoms with van der Waals surface area (Å²) in [4.78, 5) is 0. The van der Waals surface area contributed by atoms with E-state index >= 15 is 0 Å². The van der Waals surface area contributed by atoms with Gasteiger partial charge in [-0.2, -0.15) is 0 Å². The highest BCUT2D eigenvalue weighted by molar-refractivity contribution is 4.88. The molecule has 0 heterocycles. The van der Waals surface area contributed by atoms with Crippen LogP contribution in [0.4, 0.5) is 0 Å². The number of nitrogens with one attached hydrogen (secondary N) is 1. The summed E-state index contributed by atoms with van der Waals surface area (Å²) < 4.78 is 0. The molecule has 0 aromatic rings. The molecule has 12 heavy (non-hydrogen) atoms. The Hall–Kier alpha value is -0.340. The Morgan fingerprint density at radius 2 is 2.00 bits per heavy atom. The van der Waals surface area contributed by atoms with Gasteiger partial charge in [-0.05, 0) is 32.4 Å². The van der Waals surface area contributed by atoms with E-state index in [-0.39, 0.29) is 6.04 Å². The van der Waals surface area contributed by atoms with Gasteiger partial charge in [-0.1, -0.05) is 26.0 Å². The van der Waals surface area contributed by atoms with Gasteiger partial charge in [-0.3, -0.25) is 0 Å². The minimum absolute atomic E-state index is 0.190. The summed E-state index contributed by atoms with van der Waals surface area (Å²) in [6.07, 6.45) is 5.25. The molecule has 0 aromatic heterocycles. The molecular formula is C10H22N2. The monoisotopic (exact) mass is 170 g/mol. The molecule has 0 aromatic carbocycles. The zero-order chi connectivity index (χ0) is 9.40. The van der Waals surface area contributed by atoms with E-state index in [0.29, 0.717) is 0 Å². The van der Waals surface area contributed by atoms with Crippen LogP contribution < -0.4 is 11.1 Å². The van der Waals surface area contributed by atoms with Gasteiger partial charge < -0.3 is 11.1 Å². The summed E-state index contributed by atoms with van der Waals surface area (Å²) in [7, 11) is 0. The van der Waals surface area contributed by atoms with Gasteiger partial charge in [0.25, 0.3) is 0 Å². The molecule has 72 valence electrons. The quantitative estimate of drug-likeness (QED) is 0.468. The lowest BCUT2D eigenvalue weighted by molar-refractivity contribution is 0.556. The van der Waals surface area contributed by atoms with E-state index in [4.69, 9.17) is 5.73 Å². The van der Waals surface area contributed by atoms with Gasteiger partial charge in [0.2, 0.25) is 0 Å². The fourth-order valence-corrected chi connectivity index (χ4v) is 0.887. The van der Waals surface area contributed by atoms with Crippen LogP contribution in [0.3, 0.4) is 0 Å². The summed E-state index contributed by atoms with van der Waals surface area (Å²) >= 11 is 0. The van der Waals surface area contributed by atoms with E-state index in [0.717, 1.165) is 25.4 Å². The average Bonchev–Trinajstić information content (AvgIpc) is 1.95. The molecule has 0 radical (unpaired) electrons. The first-order chi connectivity index (χ1) is 5.63. The van der Waals surface area contributed by atoms with E-state index in [2.05, 4.69) is 25.2 Å². The SMILES string of the molecule is CC(N)/C=C/CCNCC(C)C. The van der Waals surface area contributed by atoms with Crippen LogP contribution in [0.5, 0.6) is 0 Å². The lowest BCUT2D eigenvalue weighted by Crippen LogP contribution is -2.20. The predicted molar refractivity (Wildman–Crippen MR) is 55.1 cm³/mol. The van der Waals surface area contributed by atoms with E-state index in [1.807, 2.05) is 13.0 Å². The average molecular weight is 170 g/mol. The van der Waals surface area contributed by atoms with Crippen molar-refractivity contribution in [1.82, 2.24) is 5.32 Å². The van der Waals surface area contributed by atoms with Crippen molar-refractivity contribution in [2.45, 2.75) is 33.2 Å². The molecule has 0 fully saturated rings. The van der Waals surface area contributed by atoms with Gasteiger partial charge in [0.15, 0.2) is 0 Å². The Bertz CT molecular complexity index is 117. The molecule has 0 saturated heterocycles. The molecular weight excluding hydrogens is 148 g/mol. The maximum absolute atomic E-state index is 5.55. The maximum atomic E-state index is 5.55. The summed E-state index contributed by atoms with van der Waals surface area (Å²) in [6, 6.07) is 0.190. The molecule has 0 bridgehead atoms. The first-order valence-corrected chi connectivity index (χ1v) is 4.76. The Balaban J connectivity index is 3.11. The van der Waals surface area contributed by atoms with E-state index in [1.165, 1.54) is 0 Å². The van der Waals surface area contributed by atoms with Gasteiger partial charge in [0.1, 0.15) is 0 Å². The zero-order valence-corrected chi connectivity index (χ0v) is 8.51. The summed E-state index contributed by atoms with van der Waals surface area (Å²) in [5, 5.41) is 3.37. The highest BCUT2D eigenvalue weighted by Crippen LogP contribution is 1.88. The maximum Gasteiger partial charge on any atom is 0.0194 e. The minimum atomic E-state index is 0.190. The topological polar surface area (TPSA) is 38.0 Å². The van der Waals surface area contributed by atoms with Crippen molar-refractivity contribution >= 4 is 0 Å². The van der Waals surface area contributed by atoms with Crippen LogP contribution in [0.15, 0.2) is 12.2 Å². The second-order valence-electron chi connectivity index (χ2n) is 3.67. The molecule has 0 aliphatic heterocycles. The number of hydrogen-bond acceptors (Lipinski definition) is 2. The van der Waals surface area contributed by atoms with Gasteiger partial charge in [0.05, 0.1) is 0 Å². The molecule has 0 amide bonds. The van der Waals surface area contributed by atoms with E-state index in [1.54, 1.807) is 0 Å². The van der Waals surface area contributed by atoms with Crippen molar-refractivity contribution in [2.75, 3.05) is 13.1 Å². The van der Waals surface area contributed by atoms with Crippen LogP contribution in [0.2, 0.25) is 0 Å². The van der Waals surface area contributed by atoms with Crippen molar-refractivity contribution in [2.24, 2.45) is 11.7 Å². The molecule has 0 rings (SSSR count). The zero-order valence-electron chi connectivity index (χ0n) is 8.51. The largest absolute Gasteiger partial charge is 0.325 e. The molecule has 0 aliphatic rings. The molecule has 3 N–H and O–H groups in total. The standard InChI is InChI=1S/C10H22N2/c1-9(2)8-12-7-5-4-6-10(3)11/h4,6,9-10,12H,5,7-8,11H2,1-3H3/b6-4+. The van der Waals surface area contributed by atoms with Crippen molar-refractivity contribution in [1.29, 1.82) is 0 Å². The van der Waals surface area contributed by atoms with Gasteiger partial charge in [0, 0.05) is 6.04 Å². The third-order valence-electron chi connectivity index (χ3n) is 1.48. The number of hydrogen-bond donors (Lipinski definition) is 2. The van der Waals surface area contributed by atoms with Crippen LogP contribution in [0.25, 0.3) is 0 Å². The second kappa shape index (κ2) is 7.32. The van der Waals surface area contributed by atoms with E-state index in [9.17, 15) is 0 Å². The Morgan fingerprint density at radius 1 is 1.33 bits per heavy atom. The van der Waals surface area contributed by atoms with Crippen molar-refractivity contribution in [3.8, 4) is 0 Å². The predicted octanol–water partition coefficient (Wildman–Crippen LogP) is 1.53. The molecule has 1 atom stereocenters. The molecule has 2 heteroatoms. The smallest absolute Gasteiger partial charge is 0.0194 e. The van der Waals surface area contributed by atoms with Gasteiger partial charge in [-0.25, -0.2) is 0 Å². The molecule has 0 spiro atoms. The number of rotatable bonds is 6. The van der Waals surface area contributed by atoms with Gasteiger partial charge in [-0.15, -0.1) is 0 Å². The van der Waals surface area contributed by atoms with Crippen molar-refractivity contribution in [3.05, 3.63) is 12.2 Å². The third kappa shape index (κ3) is 9.66. The molecule has 2 nitrogen and oxygen atoms in total. The second-order valence-corrected chi connectivity index (χ2v) is 3.67. The van der Waals surface area contributed by atoms with Crippen molar-refractivity contribution in [3.63, 3.8) is 0 Å². The number of nitrogens with two attached hydrogens (primary N) is 1. The highest BCUT2D eigenvalue weighted by atomic mass is 14.8. The minimum Gasteiger partial charge on any atom is -0.325 e. The Morgan fingerprint density at radius 3 is 2.50 bits per heavy atom. The third-order valence-corrected chi connectivity index (χ3v) is 1.48. The van der Waals surface area contributed by atoms with E-state index < -0.39 is 0 Å². The molecule has 1 unspecified atom stereocenters. The summed E-state index contributed by atoms with van der Waals surface area (Å²) in [6.45, 7) is 8.57. The van der Waals surface area contributed by atoms with Gasteiger partial charge >= 0.3 is 0 Å². The van der Waals surface area contributed by atoms with Crippen LogP contribution in [0.1, 0.15) is 27.2 Å². The summed E-state index contributed by atoms with van der Waals surface area (Å²) in [5.74, 6) is 0.738. The van der Waals surface area contributed by atoms with Crippen LogP contribution in [-0.4, -0.2) is 19.1 Å². The Labute approximate surface area is 76.2 Å². The van der Waals surface area contributed by atoms with Crippen LogP contribution in [0, 0.1) is 5.92 Å². The lowest BCUT2D eigenvalue weighted by Gasteiger charge is -2.04. The first-order valence-electron chi connectivity index (χ1n) is 4.76. The van der Waals surface area contributed by atoms with Crippen LogP contribution in [-0.2, 0) is 0 Å². The highest BCUT2D eigenvalue weighted by Gasteiger charge is 1.90. The Kier molecular flexibility index (Phi) is 7.11. The normalized spacial score (nSPS) is 14.4.